The van der Waals surface area contributed by atoms with Gasteiger partial charge in [-0.05, 0) is 31.3 Å². The maximum atomic E-state index is 12.4. The molecule has 0 aliphatic heterocycles. The highest BCUT2D eigenvalue weighted by Crippen LogP contribution is 2.17. The van der Waals surface area contributed by atoms with E-state index in [1.54, 1.807) is 0 Å². The topological polar surface area (TPSA) is 46.1 Å². The van der Waals surface area contributed by atoms with E-state index in [0.717, 1.165) is 30.4 Å². The Morgan fingerprint density at radius 3 is 2.53 bits per heavy atom. The predicted octanol–water partition coefficient (Wildman–Crippen LogP) is 2.87. The molecule has 0 spiro atoms. The van der Waals surface area contributed by atoms with Gasteiger partial charge in [-0.1, -0.05) is 34.3 Å². The van der Waals surface area contributed by atoms with Crippen LogP contribution in [0.1, 0.15) is 42.1 Å². The molecule has 96 valence electrons. The van der Waals surface area contributed by atoms with Crippen LogP contribution in [-0.4, -0.2) is 38.3 Å². The fourth-order valence-corrected chi connectivity index (χ4v) is 2.82. The number of nitrogens with zero attached hydrogens (tertiary/aromatic N) is 3. The Hall–Kier alpha value is -0.490. The van der Waals surface area contributed by atoms with Crippen molar-refractivity contribution in [2.45, 2.75) is 39.7 Å². The van der Waals surface area contributed by atoms with Crippen LogP contribution in [0.2, 0.25) is 0 Å². The number of rotatable bonds is 6. The Labute approximate surface area is 115 Å². The summed E-state index contributed by atoms with van der Waals surface area (Å²) in [5.41, 5.74) is 0.727. The number of hydrogen-bond acceptors (Lipinski definition) is 4. The van der Waals surface area contributed by atoms with E-state index in [1.165, 1.54) is 11.5 Å². The lowest BCUT2D eigenvalue weighted by molar-refractivity contribution is 0.0687. The SMILES string of the molecule is CCC(CC)N(CCBr)C(=O)c1snnc1C. The third kappa shape index (κ3) is 3.48. The van der Waals surface area contributed by atoms with Crippen LogP contribution in [0, 0.1) is 6.92 Å². The van der Waals surface area contributed by atoms with Gasteiger partial charge in [-0.2, -0.15) is 0 Å². The van der Waals surface area contributed by atoms with Gasteiger partial charge in [-0.3, -0.25) is 4.79 Å². The molecule has 1 amide bonds. The van der Waals surface area contributed by atoms with E-state index in [0.29, 0.717) is 10.9 Å². The summed E-state index contributed by atoms with van der Waals surface area (Å²) in [6.07, 6.45) is 1.95. The number of carbonyl (C=O) groups is 1. The van der Waals surface area contributed by atoms with E-state index < -0.39 is 0 Å². The lowest BCUT2D eigenvalue weighted by Gasteiger charge is -2.29. The van der Waals surface area contributed by atoms with Crippen LogP contribution in [0.25, 0.3) is 0 Å². The first-order valence-electron chi connectivity index (χ1n) is 5.81. The zero-order valence-electron chi connectivity index (χ0n) is 10.4. The average Bonchev–Trinajstić information content (AvgIpc) is 2.75. The zero-order chi connectivity index (χ0) is 12.8. The molecular weight excluding hydrogens is 302 g/mol. The number of aromatic nitrogens is 2. The van der Waals surface area contributed by atoms with Gasteiger partial charge < -0.3 is 4.90 Å². The Balaban J connectivity index is 2.91. The molecule has 0 radical (unpaired) electrons. The van der Waals surface area contributed by atoms with Gasteiger partial charge in [0.1, 0.15) is 4.88 Å². The molecule has 1 aromatic rings. The summed E-state index contributed by atoms with van der Waals surface area (Å²) in [7, 11) is 0. The van der Waals surface area contributed by atoms with Gasteiger partial charge in [0.25, 0.3) is 5.91 Å². The third-order valence-electron chi connectivity index (χ3n) is 2.82. The molecule has 0 N–H and O–H groups in total. The Kier molecular flexibility index (Phi) is 6.05. The minimum atomic E-state index is 0.0608. The fraction of sp³-hybridized carbons (Fsp3) is 0.727. The second-order valence-corrected chi connectivity index (χ2v) is 5.39. The van der Waals surface area contributed by atoms with Gasteiger partial charge >= 0.3 is 0 Å². The highest BCUT2D eigenvalue weighted by Gasteiger charge is 2.24. The van der Waals surface area contributed by atoms with Crippen molar-refractivity contribution in [2.24, 2.45) is 0 Å². The van der Waals surface area contributed by atoms with Crippen LogP contribution >= 0.6 is 27.5 Å². The second-order valence-electron chi connectivity index (χ2n) is 3.85. The molecule has 17 heavy (non-hydrogen) atoms. The standard InChI is InChI=1S/C11H18BrN3OS/c1-4-9(5-2)15(7-6-12)11(16)10-8(3)13-14-17-10/h9H,4-7H2,1-3H3. The lowest BCUT2D eigenvalue weighted by atomic mass is 10.1. The minimum Gasteiger partial charge on any atom is -0.334 e. The second kappa shape index (κ2) is 7.06. The normalized spacial score (nSPS) is 10.9. The summed E-state index contributed by atoms with van der Waals surface area (Å²) in [6.45, 7) is 6.78. The maximum Gasteiger partial charge on any atom is 0.267 e. The van der Waals surface area contributed by atoms with Crippen molar-refractivity contribution >= 4 is 33.4 Å². The first-order valence-corrected chi connectivity index (χ1v) is 7.71. The molecule has 4 nitrogen and oxygen atoms in total. The summed E-state index contributed by atoms with van der Waals surface area (Å²) in [6, 6.07) is 0.293. The summed E-state index contributed by atoms with van der Waals surface area (Å²) >= 11 is 4.59. The molecule has 1 aromatic heterocycles. The van der Waals surface area contributed by atoms with Crippen LogP contribution in [0.15, 0.2) is 0 Å². The third-order valence-corrected chi connectivity index (χ3v) is 3.99. The first-order chi connectivity index (χ1) is 8.15. The van der Waals surface area contributed by atoms with Gasteiger partial charge in [0, 0.05) is 17.9 Å². The number of hydrogen-bond donors (Lipinski definition) is 0. The van der Waals surface area contributed by atoms with E-state index in [2.05, 4.69) is 39.4 Å². The minimum absolute atomic E-state index is 0.0608. The Morgan fingerprint density at radius 1 is 1.47 bits per heavy atom. The number of alkyl halides is 1. The van der Waals surface area contributed by atoms with E-state index in [1.807, 2.05) is 11.8 Å². The summed E-state index contributed by atoms with van der Waals surface area (Å²) in [5, 5.41) is 4.69. The van der Waals surface area contributed by atoms with Crippen molar-refractivity contribution in [3.05, 3.63) is 10.6 Å². The van der Waals surface area contributed by atoms with Crippen molar-refractivity contribution in [3.63, 3.8) is 0 Å². The molecule has 0 unspecified atom stereocenters. The van der Waals surface area contributed by atoms with E-state index in [-0.39, 0.29) is 5.91 Å². The summed E-state index contributed by atoms with van der Waals surface area (Å²) in [5.74, 6) is 0.0608. The fourth-order valence-electron chi connectivity index (χ4n) is 1.83. The van der Waals surface area contributed by atoms with Crippen molar-refractivity contribution in [3.8, 4) is 0 Å². The average molecular weight is 320 g/mol. The van der Waals surface area contributed by atoms with Crippen molar-refractivity contribution in [1.29, 1.82) is 0 Å². The molecule has 1 heterocycles. The molecule has 0 aliphatic rings. The van der Waals surface area contributed by atoms with Gasteiger partial charge in [-0.15, -0.1) is 5.10 Å². The zero-order valence-corrected chi connectivity index (χ0v) is 12.8. The van der Waals surface area contributed by atoms with Gasteiger partial charge in [0.2, 0.25) is 0 Å². The molecule has 0 bridgehead atoms. The summed E-state index contributed by atoms with van der Waals surface area (Å²) < 4.78 is 3.83. The molecule has 6 heteroatoms. The lowest BCUT2D eigenvalue weighted by Crippen LogP contribution is -2.40. The van der Waals surface area contributed by atoms with Crippen LogP contribution in [0.3, 0.4) is 0 Å². The van der Waals surface area contributed by atoms with Crippen LogP contribution in [0.4, 0.5) is 0 Å². The molecule has 0 aliphatic carbocycles. The molecular formula is C11H18BrN3OS. The monoisotopic (exact) mass is 319 g/mol. The number of halogens is 1. The van der Waals surface area contributed by atoms with Crippen molar-refractivity contribution in [2.75, 3.05) is 11.9 Å². The van der Waals surface area contributed by atoms with Gasteiger partial charge in [0.15, 0.2) is 0 Å². The first kappa shape index (κ1) is 14.6. The van der Waals surface area contributed by atoms with E-state index in [4.69, 9.17) is 0 Å². The van der Waals surface area contributed by atoms with Gasteiger partial charge in [-0.25, -0.2) is 0 Å². The van der Waals surface area contributed by atoms with Crippen LogP contribution < -0.4 is 0 Å². The van der Waals surface area contributed by atoms with E-state index >= 15 is 0 Å². The highest BCUT2D eigenvalue weighted by atomic mass is 79.9. The number of carbonyl (C=O) groups excluding carboxylic acids is 1. The number of aryl methyl sites for hydroxylation is 1. The molecule has 0 fully saturated rings. The quantitative estimate of drug-likeness (QED) is 0.757. The van der Waals surface area contributed by atoms with E-state index in [9.17, 15) is 4.79 Å². The summed E-state index contributed by atoms with van der Waals surface area (Å²) in [4.78, 5) is 15.0. The molecule has 0 aromatic carbocycles. The highest BCUT2D eigenvalue weighted by molar-refractivity contribution is 9.09. The maximum absolute atomic E-state index is 12.4. The largest absolute Gasteiger partial charge is 0.334 e. The molecule has 0 saturated carbocycles. The smallest absolute Gasteiger partial charge is 0.267 e. The van der Waals surface area contributed by atoms with Crippen LogP contribution in [0.5, 0.6) is 0 Å². The predicted molar refractivity (Wildman–Crippen MR) is 73.8 cm³/mol. The molecule has 0 saturated heterocycles. The molecule has 0 atom stereocenters. The van der Waals surface area contributed by atoms with Crippen molar-refractivity contribution < 1.29 is 4.79 Å². The Morgan fingerprint density at radius 2 is 2.12 bits per heavy atom. The molecule has 1 rings (SSSR count). The van der Waals surface area contributed by atoms with Crippen molar-refractivity contribution in [1.82, 2.24) is 14.5 Å². The van der Waals surface area contributed by atoms with Gasteiger partial charge in [0.05, 0.1) is 5.69 Å². The Bertz CT molecular complexity index is 365. The number of amides is 1. The van der Waals surface area contributed by atoms with Crippen LogP contribution in [-0.2, 0) is 0 Å².